The Balaban J connectivity index is 1.98. The number of rotatable bonds is 5. The summed E-state index contributed by atoms with van der Waals surface area (Å²) in [5.74, 6) is 0.967. The topological polar surface area (TPSA) is 47.3 Å². The standard InChI is InChI=1S/C16H26N2O/c1-3-19-16-8-7-13(10-12(16)2)15(17)11-14-6-4-5-9-18-14/h7-8,10,14-15,18H,3-6,9,11,17H2,1-2H3. The average molecular weight is 262 g/mol. The quantitative estimate of drug-likeness (QED) is 0.857. The van der Waals surface area contributed by atoms with E-state index in [1.54, 1.807) is 0 Å². The molecule has 19 heavy (non-hydrogen) atoms. The molecule has 0 amide bonds. The molecular weight excluding hydrogens is 236 g/mol. The zero-order valence-corrected chi connectivity index (χ0v) is 12.1. The summed E-state index contributed by atoms with van der Waals surface area (Å²) in [7, 11) is 0. The fourth-order valence-electron chi connectivity index (χ4n) is 2.79. The molecule has 1 aliphatic rings. The van der Waals surface area contributed by atoms with Gasteiger partial charge in [0.1, 0.15) is 5.75 Å². The first-order chi connectivity index (χ1) is 9.20. The third-order valence-corrected chi connectivity index (χ3v) is 3.88. The van der Waals surface area contributed by atoms with E-state index in [1.807, 2.05) is 13.0 Å². The van der Waals surface area contributed by atoms with Crippen molar-refractivity contribution in [3.05, 3.63) is 29.3 Å². The Bertz CT molecular complexity index is 400. The summed E-state index contributed by atoms with van der Waals surface area (Å²) < 4.78 is 5.57. The maximum absolute atomic E-state index is 6.34. The Morgan fingerprint density at radius 2 is 2.26 bits per heavy atom. The van der Waals surface area contributed by atoms with Gasteiger partial charge >= 0.3 is 0 Å². The van der Waals surface area contributed by atoms with Gasteiger partial charge in [-0.2, -0.15) is 0 Å². The molecule has 0 bridgehead atoms. The second-order valence-electron chi connectivity index (χ2n) is 5.45. The minimum atomic E-state index is 0.116. The van der Waals surface area contributed by atoms with Crippen molar-refractivity contribution in [3.8, 4) is 5.75 Å². The molecule has 3 N–H and O–H groups in total. The molecule has 0 spiro atoms. The van der Waals surface area contributed by atoms with Crippen molar-refractivity contribution < 1.29 is 4.74 Å². The molecule has 2 atom stereocenters. The van der Waals surface area contributed by atoms with Crippen LogP contribution in [0.5, 0.6) is 5.75 Å². The van der Waals surface area contributed by atoms with Crippen LogP contribution in [0.4, 0.5) is 0 Å². The van der Waals surface area contributed by atoms with E-state index in [0.29, 0.717) is 12.6 Å². The van der Waals surface area contributed by atoms with E-state index in [1.165, 1.54) is 30.4 Å². The Morgan fingerprint density at radius 1 is 1.42 bits per heavy atom. The highest BCUT2D eigenvalue weighted by Crippen LogP contribution is 2.25. The van der Waals surface area contributed by atoms with Crippen LogP contribution in [-0.4, -0.2) is 19.2 Å². The van der Waals surface area contributed by atoms with Crippen molar-refractivity contribution in [3.63, 3.8) is 0 Å². The van der Waals surface area contributed by atoms with Crippen LogP contribution in [-0.2, 0) is 0 Å². The number of piperidine rings is 1. The van der Waals surface area contributed by atoms with Crippen molar-refractivity contribution in [2.45, 2.75) is 51.6 Å². The van der Waals surface area contributed by atoms with Crippen LogP contribution in [0.25, 0.3) is 0 Å². The molecular formula is C16H26N2O. The molecule has 2 unspecified atom stereocenters. The lowest BCUT2D eigenvalue weighted by molar-refractivity contribution is 0.337. The molecule has 1 aromatic carbocycles. The van der Waals surface area contributed by atoms with E-state index in [0.717, 1.165) is 18.7 Å². The molecule has 1 heterocycles. The minimum Gasteiger partial charge on any atom is -0.494 e. The SMILES string of the molecule is CCOc1ccc(C(N)CC2CCCCN2)cc1C. The largest absolute Gasteiger partial charge is 0.494 e. The van der Waals surface area contributed by atoms with Crippen LogP contribution < -0.4 is 15.8 Å². The van der Waals surface area contributed by atoms with E-state index in [-0.39, 0.29) is 6.04 Å². The summed E-state index contributed by atoms with van der Waals surface area (Å²) in [6, 6.07) is 7.01. The lowest BCUT2D eigenvalue weighted by Crippen LogP contribution is -2.36. The van der Waals surface area contributed by atoms with E-state index in [2.05, 4.69) is 24.4 Å². The third-order valence-electron chi connectivity index (χ3n) is 3.88. The summed E-state index contributed by atoms with van der Waals surface area (Å²) in [5.41, 5.74) is 8.73. The smallest absolute Gasteiger partial charge is 0.122 e. The first-order valence-corrected chi connectivity index (χ1v) is 7.43. The highest BCUT2D eigenvalue weighted by atomic mass is 16.5. The molecule has 3 nitrogen and oxygen atoms in total. The van der Waals surface area contributed by atoms with Gasteiger partial charge in [-0.15, -0.1) is 0 Å². The van der Waals surface area contributed by atoms with Gasteiger partial charge in [0.2, 0.25) is 0 Å². The monoisotopic (exact) mass is 262 g/mol. The molecule has 1 saturated heterocycles. The molecule has 1 aromatic rings. The predicted octanol–water partition coefficient (Wildman–Crippen LogP) is 2.93. The van der Waals surface area contributed by atoms with E-state index in [4.69, 9.17) is 10.5 Å². The maximum Gasteiger partial charge on any atom is 0.122 e. The zero-order valence-electron chi connectivity index (χ0n) is 12.1. The Kier molecular flexibility index (Phi) is 5.23. The van der Waals surface area contributed by atoms with Gasteiger partial charge in [-0.25, -0.2) is 0 Å². The second-order valence-corrected chi connectivity index (χ2v) is 5.45. The van der Waals surface area contributed by atoms with Gasteiger partial charge in [-0.1, -0.05) is 18.6 Å². The van der Waals surface area contributed by atoms with Crippen LogP contribution >= 0.6 is 0 Å². The van der Waals surface area contributed by atoms with Gasteiger partial charge in [0, 0.05) is 12.1 Å². The lowest BCUT2D eigenvalue weighted by atomic mass is 9.94. The van der Waals surface area contributed by atoms with Gasteiger partial charge < -0.3 is 15.8 Å². The zero-order chi connectivity index (χ0) is 13.7. The number of hydrogen-bond acceptors (Lipinski definition) is 3. The van der Waals surface area contributed by atoms with Crippen molar-refractivity contribution in [2.75, 3.05) is 13.2 Å². The molecule has 0 saturated carbocycles. The average Bonchev–Trinajstić information content (AvgIpc) is 2.42. The van der Waals surface area contributed by atoms with Crippen LogP contribution in [0.2, 0.25) is 0 Å². The Labute approximate surface area is 116 Å². The van der Waals surface area contributed by atoms with Gasteiger partial charge in [0.15, 0.2) is 0 Å². The Morgan fingerprint density at radius 3 is 2.89 bits per heavy atom. The highest BCUT2D eigenvalue weighted by molar-refractivity contribution is 5.37. The summed E-state index contributed by atoms with van der Waals surface area (Å²) >= 11 is 0. The summed E-state index contributed by atoms with van der Waals surface area (Å²) in [4.78, 5) is 0. The number of nitrogens with two attached hydrogens (primary N) is 1. The van der Waals surface area contributed by atoms with Crippen LogP contribution in [0.1, 0.15) is 49.8 Å². The van der Waals surface area contributed by atoms with E-state index < -0.39 is 0 Å². The minimum absolute atomic E-state index is 0.116. The third kappa shape index (κ3) is 3.95. The van der Waals surface area contributed by atoms with Gasteiger partial charge in [-0.05, 0) is 56.8 Å². The van der Waals surface area contributed by atoms with Crippen LogP contribution in [0.3, 0.4) is 0 Å². The summed E-state index contributed by atoms with van der Waals surface area (Å²) in [5, 5.41) is 3.56. The highest BCUT2D eigenvalue weighted by Gasteiger charge is 2.17. The van der Waals surface area contributed by atoms with Gasteiger partial charge in [-0.3, -0.25) is 0 Å². The Hall–Kier alpha value is -1.06. The number of aryl methyl sites for hydroxylation is 1. The molecule has 0 radical (unpaired) electrons. The number of nitrogens with one attached hydrogen (secondary N) is 1. The normalized spacial score (nSPS) is 21.1. The fourth-order valence-corrected chi connectivity index (χ4v) is 2.79. The first-order valence-electron chi connectivity index (χ1n) is 7.43. The summed E-state index contributed by atoms with van der Waals surface area (Å²) in [6.07, 6.45) is 4.90. The van der Waals surface area contributed by atoms with Crippen molar-refractivity contribution in [2.24, 2.45) is 5.73 Å². The first kappa shape index (κ1) is 14.4. The molecule has 0 aliphatic carbocycles. The number of hydrogen-bond donors (Lipinski definition) is 2. The number of benzene rings is 1. The molecule has 0 aromatic heterocycles. The molecule has 1 fully saturated rings. The maximum atomic E-state index is 6.34. The van der Waals surface area contributed by atoms with E-state index >= 15 is 0 Å². The van der Waals surface area contributed by atoms with Crippen molar-refractivity contribution in [1.82, 2.24) is 5.32 Å². The van der Waals surface area contributed by atoms with Gasteiger partial charge in [0.05, 0.1) is 6.61 Å². The van der Waals surface area contributed by atoms with Crippen LogP contribution in [0.15, 0.2) is 18.2 Å². The number of ether oxygens (including phenoxy) is 1. The fraction of sp³-hybridized carbons (Fsp3) is 0.625. The molecule has 3 heteroatoms. The van der Waals surface area contributed by atoms with Gasteiger partial charge in [0.25, 0.3) is 0 Å². The molecule has 106 valence electrons. The second kappa shape index (κ2) is 6.92. The summed E-state index contributed by atoms with van der Waals surface area (Å²) in [6.45, 7) is 5.94. The van der Waals surface area contributed by atoms with Crippen molar-refractivity contribution in [1.29, 1.82) is 0 Å². The molecule has 1 aliphatic heterocycles. The lowest BCUT2D eigenvalue weighted by Gasteiger charge is -2.26. The van der Waals surface area contributed by atoms with E-state index in [9.17, 15) is 0 Å². The van der Waals surface area contributed by atoms with Crippen molar-refractivity contribution >= 4 is 0 Å². The predicted molar refractivity (Wildman–Crippen MR) is 79.5 cm³/mol. The molecule has 2 rings (SSSR count). The van der Waals surface area contributed by atoms with Crippen LogP contribution in [0, 0.1) is 6.92 Å².